The Morgan fingerprint density at radius 1 is 1.40 bits per heavy atom. The lowest BCUT2D eigenvalue weighted by atomic mass is 9.86. The van der Waals surface area contributed by atoms with Crippen molar-refractivity contribution in [3.63, 3.8) is 0 Å². The lowest BCUT2D eigenvalue weighted by Crippen LogP contribution is -2.46. The van der Waals surface area contributed by atoms with E-state index in [9.17, 15) is 0 Å². The molecule has 90 valence electrons. The van der Waals surface area contributed by atoms with E-state index in [1.54, 1.807) is 0 Å². The Morgan fingerprint density at radius 2 is 2.13 bits per heavy atom. The number of hydrogen-bond donors (Lipinski definition) is 1. The van der Waals surface area contributed by atoms with Gasteiger partial charge in [-0.15, -0.1) is 0 Å². The van der Waals surface area contributed by atoms with Crippen LogP contribution in [-0.2, 0) is 0 Å². The number of nitrogens with zero attached hydrogens (tertiary/aromatic N) is 1. The van der Waals surface area contributed by atoms with Gasteiger partial charge in [0.05, 0.1) is 0 Å². The highest BCUT2D eigenvalue weighted by Gasteiger charge is 2.27. The molecule has 1 saturated heterocycles. The summed E-state index contributed by atoms with van der Waals surface area (Å²) in [5.74, 6) is 1.26. The van der Waals surface area contributed by atoms with Gasteiger partial charge in [-0.2, -0.15) is 11.8 Å². The van der Waals surface area contributed by atoms with Crippen molar-refractivity contribution in [3.8, 4) is 0 Å². The van der Waals surface area contributed by atoms with Gasteiger partial charge in [-0.3, -0.25) is 0 Å². The largest absolute Gasteiger partial charge is 0.312 e. The van der Waals surface area contributed by atoms with Crippen LogP contribution in [0, 0.1) is 5.41 Å². The Kier molecular flexibility index (Phi) is 5.44. The van der Waals surface area contributed by atoms with E-state index in [1.807, 2.05) is 11.8 Å². The van der Waals surface area contributed by atoms with Gasteiger partial charge in [0.2, 0.25) is 0 Å². The molecule has 0 aliphatic carbocycles. The molecule has 1 aliphatic heterocycles. The van der Waals surface area contributed by atoms with Crippen LogP contribution in [0.3, 0.4) is 0 Å². The second-order valence-electron chi connectivity index (χ2n) is 5.52. The molecule has 3 heteroatoms. The van der Waals surface area contributed by atoms with E-state index in [2.05, 4.69) is 37.2 Å². The fraction of sp³-hybridized carbons (Fsp3) is 1.00. The molecule has 1 unspecified atom stereocenters. The van der Waals surface area contributed by atoms with Gasteiger partial charge >= 0.3 is 0 Å². The minimum absolute atomic E-state index is 0.377. The summed E-state index contributed by atoms with van der Waals surface area (Å²) >= 11 is 1.95. The van der Waals surface area contributed by atoms with E-state index in [4.69, 9.17) is 0 Å². The van der Waals surface area contributed by atoms with E-state index in [1.165, 1.54) is 38.4 Å². The van der Waals surface area contributed by atoms with Gasteiger partial charge in [0.15, 0.2) is 0 Å². The molecular formula is C12H26N2S. The summed E-state index contributed by atoms with van der Waals surface area (Å²) in [7, 11) is 0. The molecule has 1 heterocycles. The van der Waals surface area contributed by atoms with Crippen molar-refractivity contribution in [2.45, 2.75) is 33.2 Å². The van der Waals surface area contributed by atoms with Gasteiger partial charge in [-0.05, 0) is 31.2 Å². The highest BCUT2D eigenvalue weighted by molar-refractivity contribution is 7.98. The van der Waals surface area contributed by atoms with Crippen molar-refractivity contribution in [1.82, 2.24) is 10.2 Å². The van der Waals surface area contributed by atoms with Crippen LogP contribution in [0.15, 0.2) is 0 Å². The molecule has 0 radical (unpaired) electrons. The summed E-state index contributed by atoms with van der Waals surface area (Å²) in [4.78, 5) is 2.62. The molecule has 1 atom stereocenters. The third-order valence-corrected chi connectivity index (χ3v) is 3.73. The zero-order chi connectivity index (χ0) is 11.3. The van der Waals surface area contributed by atoms with Crippen molar-refractivity contribution < 1.29 is 0 Å². The summed E-state index contributed by atoms with van der Waals surface area (Å²) in [5.41, 5.74) is 0.377. The topological polar surface area (TPSA) is 15.3 Å². The SMILES string of the molecule is CSCCN1CCCNC(C(C)(C)C)C1. The maximum absolute atomic E-state index is 3.68. The van der Waals surface area contributed by atoms with Gasteiger partial charge in [-0.1, -0.05) is 20.8 Å². The first-order chi connectivity index (χ1) is 7.04. The monoisotopic (exact) mass is 230 g/mol. The minimum atomic E-state index is 0.377. The molecule has 0 saturated carbocycles. The van der Waals surface area contributed by atoms with E-state index < -0.39 is 0 Å². The van der Waals surface area contributed by atoms with E-state index in [0.717, 1.165) is 0 Å². The molecule has 0 spiro atoms. The Balaban J connectivity index is 2.46. The number of hydrogen-bond acceptors (Lipinski definition) is 3. The van der Waals surface area contributed by atoms with Gasteiger partial charge in [0.1, 0.15) is 0 Å². The smallest absolute Gasteiger partial charge is 0.0243 e. The van der Waals surface area contributed by atoms with E-state index in [0.29, 0.717) is 11.5 Å². The van der Waals surface area contributed by atoms with Crippen LogP contribution in [-0.4, -0.2) is 49.1 Å². The standard InChI is InChI=1S/C12H26N2S/c1-12(2,3)11-10-14(8-9-15-4)7-5-6-13-11/h11,13H,5-10H2,1-4H3. The molecule has 2 nitrogen and oxygen atoms in total. The summed E-state index contributed by atoms with van der Waals surface area (Å²) in [6.07, 6.45) is 3.48. The molecule has 0 aromatic carbocycles. The van der Waals surface area contributed by atoms with Crippen molar-refractivity contribution in [2.24, 2.45) is 5.41 Å². The first-order valence-corrected chi connectivity index (χ1v) is 7.38. The van der Waals surface area contributed by atoms with Gasteiger partial charge in [-0.25, -0.2) is 0 Å². The van der Waals surface area contributed by atoms with Crippen molar-refractivity contribution in [2.75, 3.05) is 38.2 Å². The van der Waals surface area contributed by atoms with Crippen LogP contribution in [0.1, 0.15) is 27.2 Å². The van der Waals surface area contributed by atoms with Crippen LogP contribution in [0.5, 0.6) is 0 Å². The van der Waals surface area contributed by atoms with Crippen LogP contribution in [0.4, 0.5) is 0 Å². The van der Waals surface area contributed by atoms with Crippen molar-refractivity contribution in [3.05, 3.63) is 0 Å². The second kappa shape index (κ2) is 6.12. The van der Waals surface area contributed by atoms with Crippen LogP contribution < -0.4 is 5.32 Å². The predicted octanol–water partition coefficient (Wildman–Crippen LogP) is 2.06. The first-order valence-electron chi connectivity index (χ1n) is 5.98. The van der Waals surface area contributed by atoms with Crippen LogP contribution in [0.2, 0.25) is 0 Å². The normalized spacial score (nSPS) is 25.2. The average molecular weight is 230 g/mol. The Bertz CT molecular complexity index is 177. The van der Waals surface area contributed by atoms with E-state index >= 15 is 0 Å². The average Bonchev–Trinajstić information content (AvgIpc) is 2.38. The number of rotatable bonds is 3. The maximum atomic E-state index is 3.68. The highest BCUT2D eigenvalue weighted by atomic mass is 32.2. The highest BCUT2D eigenvalue weighted by Crippen LogP contribution is 2.21. The first kappa shape index (κ1) is 13.3. The quantitative estimate of drug-likeness (QED) is 0.799. The second-order valence-corrected chi connectivity index (χ2v) is 6.51. The molecule has 1 N–H and O–H groups in total. The molecule has 0 amide bonds. The molecule has 0 aromatic rings. The molecule has 1 rings (SSSR count). The van der Waals surface area contributed by atoms with Crippen molar-refractivity contribution >= 4 is 11.8 Å². The fourth-order valence-electron chi connectivity index (χ4n) is 2.00. The number of nitrogens with one attached hydrogen (secondary N) is 1. The van der Waals surface area contributed by atoms with Gasteiger partial charge in [0.25, 0.3) is 0 Å². The number of thioether (sulfide) groups is 1. The Hall–Kier alpha value is 0.270. The van der Waals surface area contributed by atoms with Gasteiger partial charge in [0, 0.05) is 24.9 Å². The zero-order valence-electron chi connectivity index (χ0n) is 10.7. The van der Waals surface area contributed by atoms with Gasteiger partial charge < -0.3 is 10.2 Å². The van der Waals surface area contributed by atoms with Crippen LogP contribution >= 0.6 is 11.8 Å². The lowest BCUT2D eigenvalue weighted by molar-refractivity contribution is 0.204. The van der Waals surface area contributed by atoms with Crippen molar-refractivity contribution in [1.29, 1.82) is 0 Å². The lowest BCUT2D eigenvalue weighted by Gasteiger charge is -2.33. The molecule has 1 aliphatic rings. The summed E-state index contributed by atoms with van der Waals surface area (Å²) in [6, 6.07) is 0.641. The third-order valence-electron chi connectivity index (χ3n) is 3.14. The zero-order valence-corrected chi connectivity index (χ0v) is 11.5. The van der Waals surface area contributed by atoms with Crippen LogP contribution in [0.25, 0.3) is 0 Å². The Morgan fingerprint density at radius 3 is 2.73 bits per heavy atom. The third kappa shape index (κ3) is 4.75. The van der Waals surface area contributed by atoms with E-state index in [-0.39, 0.29) is 0 Å². The summed E-state index contributed by atoms with van der Waals surface area (Å²) in [5, 5.41) is 3.68. The maximum Gasteiger partial charge on any atom is 0.0243 e. The molecule has 15 heavy (non-hydrogen) atoms. The predicted molar refractivity (Wildman–Crippen MR) is 70.7 cm³/mol. The fourth-order valence-corrected chi connectivity index (χ4v) is 2.44. The molecule has 0 aromatic heterocycles. The molecule has 0 bridgehead atoms. The minimum Gasteiger partial charge on any atom is -0.312 e. The molecular weight excluding hydrogens is 204 g/mol. The summed E-state index contributed by atoms with van der Waals surface area (Å²) in [6.45, 7) is 11.9. The summed E-state index contributed by atoms with van der Waals surface area (Å²) < 4.78 is 0. The Labute approximate surface area is 99.2 Å². The molecule has 1 fully saturated rings.